The molecule has 2 aromatic carbocycles. The zero-order chi connectivity index (χ0) is 18.7. The maximum absolute atomic E-state index is 12.6. The van der Waals surface area contributed by atoms with Gasteiger partial charge in [-0.25, -0.2) is 0 Å². The van der Waals surface area contributed by atoms with E-state index >= 15 is 0 Å². The molecule has 1 aliphatic heterocycles. The number of rotatable bonds is 5. The molecule has 0 aliphatic carbocycles. The van der Waals surface area contributed by atoms with Crippen molar-refractivity contribution in [2.75, 3.05) is 11.5 Å². The van der Waals surface area contributed by atoms with Gasteiger partial charge in [0.15, 0.2) is 0 Å². The van der Waals surface area contributed by atoms with Crippen LogP contribution in [-0.4, -0.2) is 11.5 Å². The summed E-state index contributed by atoms with van der Waals surface area (Å²) in [7, 11) is 0. The first kappa shape index (κ1) is 19.2. The quantitative estimate of drug-likeness (QED) is 0.519. The first-order valence-corrected chi connectivity index (χ1v) is 10.2. The third-order valence-electron chi connectivity index (χ3n) is 4.30. The standard InChI is InChI=1S/C21H19F3S2/c1-14(16-5-8-18(9-6-16)21(22,23)24)3-4-15(2)17-7-10-19-20(13-17)26-12-11-25-19/h5-10,13H,1-4,11-12H2. The number of fused-ring (bicyclic) bond motifs is 1. The van der Waals surface area contributed by atoms with Crippen LogP contribution in [0.1, 0.15) is 29.5 Å². The largest absolute Gasteiger partial charge is 0.416 e. The molecule has 0 bridgehead atoms. The van der Waals surface area contributed by atoms with Crippen molar-refractivity contribution >= 4 is 34.7 Å². The van der Waals surface area contributed by atoms with Crippen molar-refractivity contribution in [2.45, 2.75) is 28.8 Å². The Morgan fingerprint density at radius 2 is 1.35 bits per heavy atom. The lowest BCUT2D eigenvalue weighted by atomic mass is 9.96. The molecule has 136 valence electrons. The Kier molecular flexibility index (Phi) is 5.88. The van der Waals surface area contributed by atoms with Gasteiger partial charge in [-0.15, -0.1) is 23.5 Å². The van der Waals surface area contributed by atoms with Crippen LogP contribution < -0.4 is 0 Å². The van der Waals surface area contributed by atoms with E-state index in [1.54, 1.807) is 0 Å². The average Bonchev–Trinajstić information content (AvgIpc) is 2.64. The third kappa shape index (κ3) is 4.57. The molecule has 2 aromatic rings. The van der Waals surface area contributed by atoms with Crippen LogP contribution in [0.5, 0.6) is 0 Å². The van der Waals surface area contributed by atoms with E-state index in [-0.39, 0.29) is 0 Å². The highest BCUT2D eigenvalue weighted by molar-refractivity contribution is 8.05. The summed E-state index contributed by atoms with van der Waals surface area (Å²) in [6.07, 6.45) is -2.91. The number of allylic oxidation sites excluding steroid dienone is 2. The Morgan fingerprint density at radius 1 is 0.808 bits per heavy atom. The molecule has 0 spiro atoms. The average molecular weight is 393 g/mol. The van der Waals surface area contributed by atoms with E-state index in [4.69, 9.17) is 0 Å². The van der Waals surface area contributed by atoms with E-state index in [1.807, 2.05) is 23.5 Å². The molecule has 0 fully saturated rings. The Bertz CT molecular complexity index is 820. The number of halogens is 3. The minimum atomic E-state index is -4.31. The maximum atomic E-state index is 12.6. The fourth-order valence-electron chi connectivity index (χ4n) is 2.75. The van der Waals surface area contributed by atoms with Crippen LogP contribution in [0.3, 0.4) is 0 Å². The van der Waals surface area contributed by atoms with Crippen molar-refractivity contribution in [3.8, 4) is 0 Å². The Labute approximate surface area is 160 Å². The van der Waals surface area contributed by atoms with Crippen LogP contribution in [0.4, 0.5) is 13.2 Å². The van der Waals surface area contributed by atoms with Crippen molar-refractivity contribution in [2.24, 2.45) is 0 Å². The predicted molar refractivity (Wildman–Crippen MR) is 107 cm³/mol. The molecule has 0 nitrogen and oxygen atoms in total. The van der Waals surface area contributed by atoms with E-state index in [0.717, 1.165) is 52.3 Å². The van der Waals surface area contributed by atoms with Gasteiger partial charge in [0.1, 0.15) is 0 Å². The van der Waals surface area contributed by atoms with Gasteiger partial charge in [-0.3, -0.25) is 0 Å². The SMILES string of the molecule is C=C(CCC(=C)c1ccc2c(c1)SCCS2)c1ccc(C(F)(F)F)cc1. The Balaban J connectivity index is 1.61. The molecule has 1 aliphatic rings. The van der Waals surface area contributed by atoms with E-state index in [0.29, 0.717) is 6.42 Å². The summed E-state index contributed by atoms with van der Waals surface area (Å²) < 4.78 is 37.9. The summed E-state index contributed by atoms with van der Waals surface area (Å²) in [5.41, 5.74) is 3.07. The molecule has 5 heteroatoms. The van der Waals surface area contributed by atoms with Gasteiger partial charge in [0, 0.05) is 21.3 Å². The molecule has 0 N–H and O–H groups in total. The lowest BCUT2D eigenvalue weighted by molar-refractivity contribution is -0.137. The van der Waals surface area contributed by atoms with Crippen molar-refractivity contribution in [3.05, 3.63) is 72.3 Å². The molecular weight excluding hydrogens is 373 g/mol. The summed E-state index contributed by atoms with van der Waals surface area (Å²) in [4.78, 5) is 2.63. The molecule has 1 heterocycles. The van der Waals surface area contributed by atoms with Gasteiger partial charge < -0.3 is 0 Å². The Morgan fingerprint density at radius 3 is 1.96 bits per heavy atom. The molecule has 0 saturated carbocycles. The van der Waals surface area contributed by atoms with Gasteiger partial charge in [-0.05, 0) is 59.4 Å². The topological polar surface area (TPSA) is 0 Å². The van der Waals surface area contributed by atoms with Crippen molar-refractivity contribution in [1.29, 1.82) is 0 Å². The van der Waals surface area contributed by atoms with Gasteiger partial charge in [0.2, 0.25) is 0 Å². The molecule has 0 atom stereocenters. The highest BCUT2D eigenvalue weighted by Gasteiger charge is 2.29. The van der Waals surface area contributed by atoms with Gasteiger partial charge in [-0.2, -0.15) is 13.2 Å². The van der Waals surface area contributed by atoms with Crippen LogP contribution in [0.25, 0.3) is 11.1 Å². The third-order valence-corrected chi connectivity index (χ3v) is 6.82. The van der Waals surface area contributed by atoms with Crippen molar-refractivity contribution in [3.63, 3.8) is 0 Å². The summed E-state index contributed by atoms with van der Waals surface area (Å²) >= 11 is 3.76. The molecule has 3 rings (SSSR count). The van der Waals surface area contributed by atoms with Crippen LogP contribution in [0.15, 0.2) is 65.4 Å². The lowest BCUT2D eigenvalue weighted by Crippen LogP contribution is -2.04. The number of thioether (sulfide) groups is 2. The summed E-state index contributed by atoms with van der Waals surface area (Å²) in [6.45, 7) is 8.20. The number of hydrogen-bond acceptors (Lipinski definition) is 2. The zero-order valence-corrected chi connectivity index (χ0v) is 15.9. The fourth-order valence-corrected chi connectivity index (χ4v) is 4.99. The normalized spacial score (nSPS) is 14.0. The molecule has 0 saturated heterocycles. The van der Waals surface area contributed by atoms with Gasteiger partial charge in [0.25, 0.3) is 0 Å². The van der Waals surface area contributed by atoms with Crippen LogP contribution in [-0.2, 0) is 6.18 Å². The van der Waals surface area contributed by atoms with E-state index in [9.17, 15) is 13.2 Å². The minimum Gasteiger partial charge on any atom is -0.166 e. The van der Waals surface area contributed by atoms with Gasteiger partial charge >= 0.3 is 6.18 Å². The molecule has 0 unspecified atom stereocenters. The van der Waals surface area contributed by atoms with Crippen molar-refractivity contribution < 1.29 is 13.2 Å². The first-order chi connectivity index (χ1) is 12.3. The first-order valence-electron chi connectivity index (χ1n) is 8.28. The minimum absolute atomic E-state index is 0.636. The van der Waals surface area contributed by atoms with E-state index < -0.39 is 11.7 Å². The fraction of sp³-hybridized carbons (Fsp3) is 0.238. The van der Waals surface area contributed by atoms with Crippen LogP contribution in [0, 0.1) is 0 Å². The van der Waals surface area contributed by atoms with E-state index in [2.05, 4.69) is 31.4 Å². The second kappa shape index (κ2) is 7.97. The number of hydrogen-bond donors (Lipinski definition) is 0. The molecule has 0 aromatic heterocycles. The summed E-state index contributed by atoms with van der Waals surface area (Å²) in [5.74, 6) is 2.27. The molecule has 0 amide bonds. The summed E-state index contributed by atoms with van der Waals surface area (Å²) in [6, 6.07) is 11.6. The number of benzene rings is 2. The van der Waals surface area contributed by atoms with Gasteiger partial charge in [-0.1, -0.05) is 31.4 Å². The smallest absolute Gasteiger partial charge is 0.166 e. The van der Waals surface area contributed by atoms with Crippen LogP contribution >= 0.6 is 23.5 Å². The second-order valence-corrected chi connectivity index (χ2v) is 8.41. The number of alkyl halides is 3. The van der Waals surface area contributed by atoms with Crippen LogP contribution in [0.2, 0.25) is 0 Å². The monoisotopic (exact) mass is 392 g/mol. The molecule has 0 radical (unpaired) electrons. The Hall–Kier alpha value is -1.59. The van der Waals surface area contributed by atoms with Gasteiger partial charge in [0.05, 0.1) is 5.56 Å². The van der Waals surface area contributed by atoms with E-state index in [1.165, 1.54) is 21.9 Å². The summed E-state index contributed by atoms with van der Waals surface area (Å²) in [5, 5.41) is 0. The second-order valence-electron chi connectivity index (χ2n) is 6.14. The predicted octanol–water partition coefficient (Wildman–Crippen LogP) is 7.41. The lowest BCUT2D eigenvalue weighted by Gasteiger charge is -2.16. The zero-order valence-electron chi connectivity index (χ0n) is 14.2. The maximum Gasteiger partial charge on any atom is 0.416 e. The molecule has 26 heavy (non-hydrogen) atoms. The highest BCUT2D eigenvalue weighted by Crippen LogP contribution is 2.38. The van der Waals surface area contributed by atoms with Crippen molar-refractivity contribution in [1.82, 2.24) is 0 Å². The highest BCUT2D eigenvalue weighted by atomic mass is 32.2. The molecular formula is C21H19F3S2.